The van der Waals surface area contributed by atoms with E-state index in [1.54, 1.807) is 6.92 Å². The second-order valence-corrected chi connectivity index (χ2v) is 6.00. The molecule has 1 saturated carbocycles. The molecule has 0 aromatic heterocycles. The van der Waals surface area contributed by atoms with Crippen molar-refractivity contribution in [1.29, 1.82) is 0 Å². The Morgan fingerprint density at radius 1 is 1.38 bits per heavy atom. The standard InChI is InChI=1S/C14H24O2/c1-9(2)13(15)16-12-7-10(3)11(4)14(5,6)8-12/h10-12H,1,7-8H2,2-6H3. The number of ether oxygens (including phenoxy) is 1. The number of carbonyl (C=O) groups excluding carboxylic acids is 1. The van der Waals surface area contributed by atoms with E-state index in [-0.39, 0.29) is 17.5 Å². The summed E-state index contributed by atoms with van der Waals surface area (Å²) < 4.78 is 5.47. The van der Waals surface area contributed by atoms with E-state index in [4.69, 9.17) is 4.74 Å². The fourth-order valence-electron chi connectivity index (χ4n) is 2.59. The molecular weight excluding hydrogens is 200 g/mol. The first-order valence-electron chi connectivity index (χ1n) is 6.10. The van der Waals surface area contributed by atoms with Crippen LogP contribution in [-0.4, -0.2) is 12.1 Å². The Labute approximate surface area is 99.1 Å². The Morgan fingerprint density at radius 3 is 2.38 bits per heavy atom. The van der Waals surface area contributed by atoms with E-state index in [1.807, 2.05) is 0 Å². The molecule has 0 radical (unpaired) electrons. The average Bonchev–Trinajstić information content (AvgIpc) is 2.13. The third kappa shape index (κ3) is 2.87. The van der Waals surface area contributed by atoms with Gasteiger partial charge < -0.3 is 4.74 Å². The molecular formula is C14H24O2. The lowest BCUT2D eigenvalue weighted by Gasteiger charge is -2.44. The topological polar surface area (TPSA) is 26.3 Å². The molecule has 1 aliphatic carbocycles. The maximum atomic E-state index is 11.5. The first-order valence-corrected chi connectivity index (χ1v) is 6.10. The highest BCUT2D eigenvalue weighted by Gasteiger charge is 2.39. The molecule has 0 aromatic carbocycles. The SMILES string of the molecule is C=C(C)C(=O)OC1CC(C)C(C)C(C)(C)C1. The maximum absolute atomic E-state index is 11.5. The monoisotopic (exact) mass is 224 g/mol. The van der Waals surface area contributed by atoms with Crippen molar-refractivity contribution in [3.05, 3.63) is 12.2 Å². The van der Waals surface area contributed by atoms with Crippen LogP contribution in [0.25, 0.3) is 0 Å². The zero-order chi connectivity index (χ0) is 12.5. The highest BCUT2D eigenvalue weighted by atomic mass is 16.5. The van der Waals surface area contributed by atoms with Gasteiger partial charge in [0.05, 0.1) is 0 Å². The quantitative estimate of drug-likeness (QED) is 0.529. The molecule has 2 nitrogen and oxygen atoms in total. The van der Waals surface area contributed by atoms with Crippen molar-refractivity contribution < 1.29 is 9.53 Å². The van der Waals surface area contributed by atoms with Gasteiger partial charge in [-0.15, -0.1) is 0 Å². The van der Waals surface area contributed by atoms with Crippen LogP contribution in [0, 0.1) is 17.3 Å². The van der Waals surface area contributed by atoms with Gasteiger partial charge in [0.2, 0.25) is 0 Å². The Hall–Kier alpha value is -0.790. The molecule has 2 heteroatoms. The van der Waals surface area contributed by atoms with Crippen molar-refractivity contribution in [3.8, 4) is 0 Å². The minimum Gasteiger partial charge on any atom is -0.459 e. The summed E-state index contributed by atoms with van der Waals surface area (Å²) in [4.78, 5) is 11.5. The molecule has 0 saturated heterocycles. The molecule has 3 unspecified atom stereocenters. The number of hydrogen-bond donors (Lipinski definition) is 0. The maximum Gasteiger partial charge on any atom is 0.333 e. The second kappa shape index (κ2) is 4.60. The molecule has 0 aromatic rings. The van der Waals surface area contributed by atoms with E-state index >= 15 is 0 Å². The summed E-state index contributed by atoms with van der Waals surface area (Å²) in [5, 5.41) is 0. The summed E-state index contributed by atoms with van der Waals surface area (Å²) in [5.74, 6) is 1.03. The van der Waals surface area contributed by atoms with Gasteiger partial charge in [-0.3, -0.25) is 0 Å². The van der Waals surface area contributed by atoms with Crippen LogP contribution >= 0.6 is 0 Å². The molecule has 92 valence electrons. The lowest BCUT2D eigenvalue weighted by Crippen LogP contribution is -2.40. The largest absolute Gasteiger partial charge is 0.459 e. The van der Waals surface area contributed by atoms with E-state index < -0.39 is 0 Å². The normalized spacial score (nSPS) is 33.2. The Morgan fingerprint density at radius 2 is 1.94 bits per heavy atom. The molecule has 0 aliphatic heterocycles. The molecule has 1 fully saturated rings. The van der Waals surface area contributed by atoms with E-state index in [0.717, 1.165) is 12.8 Å². The molecule has 1 aliphatic rings. The first kappa shape index (κ1) is 13.3. The fourth-order valence-corrected chi connectivity index (χ4v) is 2.59. The van der Waals surface area contributed by atoms with Crippen LogP contribution < -0.4 is 0 Å². The van der Waals surface area contributed by atoms with Crippen LogP contribution in [0.3, 0.4) is 0 Å². The number of esters is 1. The summed E-state index contributed by atoms with van der Waals surface area (Å²) in [6, 6.07) is 0. The Kier molecular flexibility index (Phi) is 3.82. The van der Waals surface area contributed by atoms with Gasteiger partial charge in [0.25, 0.3) is 0 Å². The van der Waals surface area contributed by atoms with Gasteiger partial charge in [0.15, 0.2) is 0 Å². The summed E-state index contributed by atoms with van der Waals surface area (Å²) in [6.45, 7) is 14.4. The lowest BCUT2D eigenvalue weighted by molar-refractivity contribution is -0.150. The van der Waals surface area contributed by atoms with Gasteiger partial charge in [-0.05, 0) is 37.0 Å². The predicted molar refractivity (Wildman–Crippen MR) is 66.0 cm³/mol. The molecule has 3 atom stereocenters. The Bertz CT molecular complexity index is 291. The van der Waals surface area contributed by atoms with Gasteiger partial charge in [-0.25, -0.2) is 4.79 Å². The summed E-state index contributed by atoms with van der Waals surface area (Å²) >= 11 is 0. The van der Waals surface area contributed by atoms with Crippen LogP contribution in [-0.2, 0) is 9.53 Å². The van der Waals surface area contributed by atoms with Gasteiger partial charge in [-0.2, -0.15) is 0 Å². The van der Waals surface area contributed by atoms with E-state index in [9.17, 15) is 4.79 Å². The summed E-state index contributed by atoms with van der Waals surface area (Å²) in [6.07, 6.45) is 1.99. The number of rotatable bonds is 2. The third-order valence-corrected chi connectivity index (χ3v) is 4.10. The average molecular weight is 224 g/mol. The molecule has 1 rings (SSSR count). The van der Waals surface area contributed by atoms with Crippen molar-refractivity contribution in [2.75, 3.05) is 0 Å². The van der Waals surface area contributed by atoms with Crippen molar-refractivity contribution >= 4 is 5.97 Å². The van der Waals surface area contributed by atoms with E-state index in [0.29, 0.717) is 17.4 Å². The Balaban J connectivity index is 2.65. The van der Waals surface area contributed by atoms with E-state index in [1.165, 1.54) is 0 Å². The summed E-state index contributed by atoms with van der Waals surface area (Å²) in [5.41, 5.74) is 0.738. The minimum absolute atomic E-state index is 0.0606. The highest BCUT2D eigenvalue weighted by molar-refractivity contribution is 5.87. The molecule has 0 spiro atoms. The lowest BCUT2D eigenvalue weighted by atomic mass is 9.64. The van der Waals surface area contributed by atoms with Crippen molar-refractivity contribution in [2.24, 2.45) is 17.3 Å². The zero-order valence-electron chi connectivity index (χ0n) is 11.2. The minimum atomic E-state index is -0.248. The molecule has 0 N–H and O–H groups in total. The predicted octanol–water partition coefficient (Wildman–Crippen LogP) is 3.57. The highest BCUT2D eigenvalue weighted by Crippen LogP contribution is 2.44. The molecule has 0 heterocycles. The van der Waals surface area contributed by atoms with Crippen LogP contribution in [0.4, 0.5) is 0 Å². The zero-order valence-corrected chi connectivity index (χ0v) is 11.2. The molecule has 0 amide bonds. The van der Waals surface area contributed by atoms with Crippen molar-refractivity contribution in [2.45, 2.75) is 53.6 Å². The van der Waals surface area contributed by atoms with Crippen LogP contribution in [0.5, 0.6) is 0 Å². The fraction of sp³-hybridized carbons (Fsp3) is 0.786. The first-order chi connectivity index (χ1) is 7.24. The third-order valence-electron chi connectivity index (χ3n) is 4.10. The van der Waals surface area contributed by atoms with Crippen molar-refractivity contribution in [3.63, 3.8) is 0 Å². The smallest absolute Gasteiger partial charge is 0.333 e. The molecule has 16 heavy (non-hydrogen) atoms. The molecule has 0 bridgehead atoms. The van der Waals surface area contributed by atoms with Gasteiger partial charge >= 0.3 is 5.97 Å². The number of carbonyl (C=O) groups is 1. The van der Waals surface area contributed by atoms with Gasteiger partial charge in [-0.1, -0.05) is 34.3 Å². The van der Waals surface area contributed by atoms with Crippen LogP contribution in [0.1, 0.15) is 47.5 Å². The second-order valence-electron chi connectivity index (χ2n) is 6.00. The van der Waals surface area contributed by atoms with E-state index in [2.05, 4.69) is 34.3 Å². The van der Waals surface area contributed by atoms with Crippen LogP contribution in [0.15, 0.2) is 12.2 Å². The number of hydrogen-bond acceptors (Lipinski definition) is 2. The van der Waals surface area contributed by atoms with Gasteiger partial charge in [0, 0.05) is 5.57 Å². The van der Waals surface area contributed by atoms with Crippen molar-refractivity contribution in [1.82, 2.24) is 0 Å². The summed E-state index contributed by atoms with van der Waals surface area (Å²) in [7, 11) is 0. The van der Waals surface area contributed by atoms with Crippen LogP contribution in [0.2, 0.25) is 0 Å². The van der Waals surface area contributed by atoms with Gasteiger partial charge in [0.1, 0.15) is 6.10 Å².